The number of ketones is 1. The van der Waals surface area contributed by atoms with Crippen LogP contribution in [0.3, 0.4) is 0 Å². The van der Waals surface area contributed by atoms with Gasteiger partial charge in [0.25, 0.3) is 0 Å². The van der Waals surface area contributed by atoms with E-state index in [1.807, 2.05) is 0 Å². The minimum absolute atomic E-state index is 0.0884. The molecule has 2 rings (SSSR count). The number of methoxy groups -OCH3 is 1. The van der Waals surface area contributed by atoms with E-state index >= 15 is 0 Å². The fourth-order valence-electron chi connectivity index (χ4n) is 3.18. The molecule has 6 nitrogen and oxygen atoms in total. The number of aromatic hydroxyl groups is 2. The van der Waals surface area contributed by atoms with E-state index in [4.69, 9.17) is 4.74 Å². The molecular weight excluding hydrogens is 300 g/mol. The summed E-state index contributed by atoms with van der Waals surface area (Å²) in [4.78, 5) is 35.9. The van der Waals surface area contributed by atoms with Crippen LogP contribution in [0.15, 0.2) is 30.4 Å². The topological polar surface area (TPSA) is 101 Å². The largest absolute Gasteiger partial charge is 0.508 e. The Kier molecular flexibility index (Phi) is 4.83. The summed E-state index contributed by atoms with van der Waals surface area (Å²) in [5, 5.41) is 19.4. The van der Waals surface area contributed by atoms with Crippen molar-refractivity contribution in [2.24, 2.45) is 17.8 Å². The van der Waals surface area contributed by atoms with E-state index in [9.17, 15) is 24.6 Å². The maximum absolute atomic E-state index is 12.8. The number of hydrogen-bond donors (Lipinski definition) is 2. The number of ether oxygens (including phenoxy) is 1. The second kappa shape index (κ2) is 6.64. The van der Waals surface area contributed by atoms with Crippen LogP contribution in [-0.4, -0.2) is 35.4 Å². The first-order chi connectivity index (χ1) is 10.9. The minimum atomic E-state index is -0.854. The van der Waals surface area contributed by atoms with Gasteiger partial charge in [0.05, 0.1) is 18.6 Å². The van der Waals surface area contributed by atoms with Gasteiger partial charge in [-0.05, 0) is 42.5 Å². The molecule has 0 unspecified atom stereocenters. The molecule has 1 aliphatic carbocycles. The van der Waals surface area contributed by atoms with Crippen LogP contribution in [0.5, 0.6) is 11.5 Å². The summed E-state index contributed by atoms with van der Waals surface area (Å²) < 4.78 is 4.75. The highest BCUT2D eigenvalue weighted by Gasteiger charge is 2.46. The molecule has 1 aliphatic rings. The third-order valence-electron chi connectivity index (χ3n) is 4.34. The molecule has 1 fully saturated rings. The quantitative estimate of drug-likeness (QED) is 0.282. The molecule has 1 saturated carbocycles. The Bertz CT molecular complexity index is 663. The maximum Gasteiger partial charge on any atom is 0.309 e. The third kappa shape index (κ3) is 3.11. The van der Waals surface area contributed by atoms with Crippen LogP contribution in [-0.2, 0) is 14.3 Å². The summed E-state index contributed by atoms with van der Waals surface area (Å²) >= 11 is 0. The van der Waals surface area contributed by atoms with Crippen molar-refractivity contribution >= 4 is 18.0 Å². The lowest BCUT2D eigenvalue weighted by Crippen LogP contribution is -2.31. The second-order valence-electron chi connectivity index (χ2n) is 5.60. The number of phenolic OH excluding ortho intramolecular Hbond substituents is 2. The highest BCUT2D eigenvalue weighted by Crippen LogP contribution is 2.43. The number of esters is 1. The molecule has 0 radical (unpaired) electrons. The van der Waals surface area contributed by atoms with Gasteiger partial charge in [-0.1, -0.05) is 6.58 Å². The van der Waals surface area contributed by atoms with Gasteiger partial charge >= 0.3 is 5.97 Å². The standard InChI is InChI=1S/C17H18O6/c1-9(8-18)11-4-5-12(17(22)23-2)15(11)16(21)13-7-10(19)3-6-14(13)20/h3,6-8,11-12,15,19-20H,1,4-5H2,2H3/t11-,12-,15-/m0/s1. The zero-order chi connectivity index (χ0) is 17.1. The van der Waals surface area contributed by atoms with Crippen molar-refractivity contribution in [1.82, 2.24) is 0 Å². The van der Waals surface area contributed by atoms with E-state index in [0.717, 1.165) is 6.07 Å². The lowest BCUT2D eigenvalue weighted by atomic mass is 9.80. The molecule has 23 heavy (non-hydrogen) atoms. The fraction of sp³-hybridized carbons (Fsp3) is 0.353. The monoisotopic (exact) mass is 318 g/mol. The number of Topliss-reactive ketones (excluding diaryl/α,β-unsaturated/α-hetero) is 1. The molecule has 3 atom stereocenters. The zero-order valence-electron chi connectivity index (χ0n) is 12.7. The molecule has 0 spiro atoms. The summed E-state index contributed by atoms with van der Waals surface area (Å²) in [6, 6.07) is 3.60. The average Bonchev–Trinajstić information content (AvgIpc) is 2.99. The smallest absolute Gasteiger partial charge is 0.309 e. The SMILES string of the molecule is C=C(C=O)[C@@H]1CC[C@H](C(=O)OC)[C@H]1C(=O)c1cc(O)ccc1O. The number of hydrogen-bond acceptors (Lipinski definition) is 6. The number of aldehydes is 1. The first kappa shape index (κ1) is 16.7. The summed E-state index contributed by atoms with van der Waals surface area (Å²) in [6.07, 6.45) is 1.42. The van der Waals surface area contributed by atoms with Gasteiger partial charge in [0.2, 0.25) is 0 Å². The van der Waals surface area contributed by atoms with Gasteiger partial charge in [-0.3, -0.25) is 14.4 Å². The number of allylic oxidation sites excluding steroid dienone is 1. The summed E-state index contributed by atoms with van der Waals surface area (Å²) in [5.74, 6) is -3.58. The Hall–Kier alpha value is -2.63. The van der Waals surface area contributed by atoms with Gasteiger partial charge in [-0.2, -0.15) is 0 Å². The highest BCUT2D eigenvalue weighted by molar-refractivity contribution is 6.03. The first-order valence-corrected chi connectivity index (χ1v) is 7.18. The van der Waals surface area contributed by atoms with Crippen LogP contribution < -0.4 is 0 Å². The van der Waals surface area contributed by atoms with E-state index in [2.05, 4.69) is 6.58 Å². The second-order valence-corrected chi connectivity index (χ2v) is 5.60. The van der Waals surface area contributed by atoms with Gasteiger partial charge in [-0.25, -0.2) is 0 Å². The summed E-state index contributed by atoms with van der Waals surface area (Å²) in [6.45, 7) is 3.66. The Morgan fingerprint density at radius 3 is 2.52 bits per heavy atom. The van der Waals surface area contributed by atoms with E-state index in [1.165, 1.54) is 19.2 Å². The number of carbonyl (C=O) groups is 3. The van der Waals surface area contributed by atoms with Crippen molar-refractivity contribution in [3.05, 3.63) is 35.9 Å². The molecule has 1 aromatic rings. The van der Waals surface area contributed by atoms with Crippen LogP contribution in [0.2, 0.25) is 0 Å². The van der Waals surface area contributed by atoms with Crippen LogP contribution in [0.4, 0.5) is 0 Å². The average molecular weight is 318 g/mol. The Balaban J connectivity index is 2.45. The molecule has 1 aromatic carbocycles. The predicted octanol–water partition coefficient (Wildman–Crippen LogP) is 1.85. The van der Waals surface area contributed by atoms with Crippen LogP contribution >= 0.6 is 0 Å². The van der Waals surface area contributed by atoms with Crippen molar-refractivity contribution in [3.63, 3.8) is 0 Å². The van der Waals surface area contributed by atoms with Crippen molar-refractivity contribution in [2.45, 2.75) is 12.8 Å². The van der Waals surface area contributed by atoms with Gasteiger partial charge in [0.1, 0.15) is 17.8 Å². The van der Waals surface area contributed by atoms with Crippen LogP contribution in [0, 0.1) is 17.8 Å². The summed E-state index contributed by atoms with van der Waals surface area (Å²) in [7, 11) is 1.23. The lowest BCUT2D eigenvalue weighted by Gasteiger charge is -2.22. The molecule has 0 heterocycles. The van der Waals surface area contributed by atoms with Crippen molar-refractivity contribution < 1.29 is 29.3 Å². The lowest BCUT2D eigenvalue weighted by molar-refractivity contribution is -0.146. The molecule has 0 amide bonds. The molecule has 6 heteroatoms. The Morgan fingerprint density at radius 2 is 1.91 bits per heavy atom. The normalized spacial score (nSPS) is 23.3. The number of rotatable bonds is 5. The number of benzene rings is 1. The van der Waals surface area contributed by atoms with Gasteiger partial charge in [0.15, 0.2) is 5.78 Å². The molecular formula is C17H18O6. The first-order valence-electron chi connectivity index (χ1n) is 7.18. The van der Waals surface area contributed by atoms with E-state index in [1.54, 1.807) is 0 Å². The molecule has 122 valence electrons. The van der Waals surface area contributed by atoms with E-state index in [0.29, 0.717) is 19.1 Å². The van der Waals surface area contributed by atoms with Crippen molar-refractivity contribution in [2.75, 3.05) is 7.11 Å². The summed E-state index contributed by atoms with van der Waals surface area (Å²) in [5.41, 5.74) is 0.142. The molecule has 0 saturated heterocycles. The van der Waals surface area contributed by atoms with Crippen molar-refractivity contribution in [1.29, 1.82) is 0 Å². The Morgan fingerprint density at radius 1 is 1.26 bits per heavy atom. The maximum atomic E-state index is 12.8. The van der Waals surface area contributed by atoms with Crippen LogP contribution in [0.25, 0.3) is 0 Å². The Labute approximate surface area is 133 Å². The van der Waals surface area contributed by atoms with Crippen molar-refractivity contribution in [3.8, 4) is 11.5 Å². The molecule has 0 aliphatic heterocycles. The van der Waals surface area contributed by atoms with Gasteiger partial charge < -0.3 is 14.9 Å². The van der Waals surface area contributed by atoms with Gasteiger partial charge in [0, 0.05) is 5.92 Å². The number of carbonyl (C=O) groups excluding carboxylic acids is 3. The highest BCUT2D eigenvalue weighted by atomic mass is 16.5. The molecule has 2 N–H and O–H groups in total. The zero-order valence-corrected chi connectivity index (χ0v) is 12.7. The van der Waals surface area contributed by atoms with E-state index < -0.39 is 29.5 Å². The number of phenols is 2. The molecule has 0 aromatic heterocycles. The predicted molar refractivity (Wildman–Crippen MR) is 81.0 cm³/mol. The third-order valence-corrected chi connectivity index (χ3v) is 4.34. The van der Waals surface area contributed by atoms with Crippen LogP contribution in [0.1, 0.15) is 23.2 Å². The minimum Gasteiger partial charge on any atom is -0.508 e. The molecule has 0 bridgehead atoms. The van der Waals surface area contributed by atoms with E-state index in [-0.39, 0.29) is 22.6 Å². The fourth-order valence-corrected chi connectivity index (χ4v) is 3.18. The van der Waals surface area contributed by atoms with Gasteiger partial charge in [-0.15, -0.1) is 0 Å².